The summed E-state index contributed by atoms with van der Waals surface area (Å²) in [5.41, 5.74) is 5.64. The number of likely N-dealkylation sites (N-methyl/N-ethyl adjacent to an activating group) is 1. The van der Waals surface area contributed by atoms with Crippen LogP contribution < -0.4 is 5.73 Å². The summed E-state index contributed by atoms with van der Waals surface area (Å²) in [6, 6.07) is 4.09. The number of nitrogens with zero attached hydrogens (tertiary/aromatic N) is 1. The zero-order chi connectivity index (χ0) is 14.4. The van der Waals surface area contributed by atoms with Crippen molar-refractivity contribution in [2.75, 3.05) is 20.1 Å². The van der Waals surface area contributed by atoms with Crippen LogP contribution in [0.3, 0.4) is 0 Å². The summed E-state index contributed by atoms with van der Waals surface area (Å²) in [6.45, 7) is 1.92. The van der Waals surface area contributed by atoms with Gasteiger partial charge in [0.25, 0.3) is 5.91 Å². The molecule has 0 aromatic heterocycles. The predicted molar refractivity (Wildman–Crippen MR) is 71.0 cm³/mol. The molecule has 1 atom stereocenters. The number of hydrogen-bond donors (Lipinski definition) is 2. The van der Waals surface area contributed by atoms with Gasteiger partial charge in [0.15, 0.2) is 0 Å². The molecule has 1 aromatic carbocycles. The van der Waals surface area contributed by atoms with E-state index >= 15 is 0 Å². The fourth-order valence-electron chi connectivity index (χ4n) is 1.60. The third kappa shape index (κ3) is 4.36. The molecule has 1 rings (SSSR count). The van der Waals surface area contributed by atoms with Crippen LogP contribution in [0, 0.1) is 17.7 Å². The lowest BCUT2D eigenvalue weighted by Crippen LogP contribution is -2.33. The first kappa shape index (κ1) is 15.2. The van der Waals surface area contributed by atoms with Crippen LogP contribution >= 0.6 is 0 Å². The van der Waals surface area contributed by atoms with Gasteiger partial charge in [-0.05, 0) is 25.1 Å². The maximum absolute atomic E-state index is 13.7. The molecule has 0 aliphatic heterocycles. The van der Waals surface area contributed by atoms with E-state index in [0.29, 0.717) is 0 Å². The van der Waals surface area contributed by atoms with E-state index in [1.807, 2.05) is 0 Å². The van der Waals surface area contributed by atoms with Crippen LogP contribution in [0.5, 0.6) is 0 Å². The molecular formula is C14H17FN2O2. The van der Waals surface area contributed by atoms with Gasteiger partial charge in [-0.2, -0.15) is 0 Å². The zero-order valence-electron chi connectivity index (χ0n) is 11.0. The van der Waals surface area contributed by atoms with Crippen LogP contribution in [0.1, 0.15) is 22.8 Å². The highest BCUT2D eigenvalue weighted by Crippen LogP contribution is 2.11. The van der Waals surface area contributed by atoms with Crippen molar-refractivity contribution >= 4 is 5.91 Å². The number of aliphatic hydroxyl groups excluding tert-OH is 1. The molecule has 1 amide bonds. The molecule has 0 saturated carbocycles. The molecular weight excluding hydrogens is 247 g/mol. The Labute approximate surface area is 112 Å². The van der Waals surface area contributed by atoms with Crippen LogP contribution in [0.2, 0.25) is 0 Å². The first-order chi connectivity index (χ1) is 8.95. The second-order valence-electron chi connectivity index (χ2n) is 4.24. The molecule has 5 heteroatoms. The Morgan fingerprint density at radius 3 is 2.79 bits per heavy atom. The van der Waals surface area contributed by atoms with E-state index in [9.17, 15) is 14.3 Å². The standard InChI is InChI=1S/C14H17FN2O2/c1-10(18)9-17(2)14(19)12-6-5-11(4-3-7-16)13(15)8-12/h5-6,8,10,18H,7,9,16H2,1-2H3. The van der Waals surface area contributed by atoms with Gasteiger partial charge >= 0.3 is 0 Å². The number of hydrogen-bond acceptors (Lipinski definition) is 3. The van der Waals surface area contributed by atoms with E-state index in [0.717, 1.165) is 6.07 Å². The number of halogens is 1. The minimum atomic E-state index is -0.631. The molecule has 0 heterocycles. The van der Waals surface area contributed by atoms with Gasteiger partial charge in [-0.25, -0.2) is 4.39 Å². The maximum atomic E-state index is 13.7. The quantitative estimate of drug-likeness (QED) is 0.785. The molecule has 19 heavy (non-hydrogen) atoms. The van der Waals surface area contributed by atoms with Crippen molar-refractivity contribution in [3.8, 4) is 11.8 Å². The van der Waals surface area contributed by atoms with E-state index in [-0.39, 0.29) is 30.1 Å². The number of carbonyl (C=O) groups excluding carboxylic acids is 1. The lowest BCUT2D eigenvalue weighted by Gasteiger charge is -2.18. The molecule has 0 bridgehead atoms. The van der Waals surface area contributed by atoms with E-state index in [2.05, 4.69) is 11.8 Å². The van der Waals surface area contributed by atoms with E-state index in [4.69, 9.17) is 5.73 Å². The Morgan fingerprint density at radius 1 is 1.58 bits per heavy atom. The minimum absolute atomic E-state index is 0.150. The summed E-state index contributed by atoms with van der Waals surface area (Å²) in [6.07, 6.45) is -0.631. The third-order valence-electron chi connectivity index (χ3n) is 2.43. The fraction of sp³-hybridized carbons (Fsp3) is 0.357. The topological polar surface area (TPSA) is 66.6 Å². The van der Waals surface area contributed by atoms with Gasteiger partial charge in [-0.1, -0.05) is 11.8 Å². The maximum Gasteiger partial charge on any atom is 0.253 e. The second-order valence-corrected chi connectivity index (χ2v) is 4.24. The first-order valence-corrected chi connectivity index (χ1v) is 5.87. The summed E-state index contributed by atoms with van der Waals surface area (Å²) in [5.74, 6) is 4.23. The van der Waals surface area contributed by atoms with Crippen LogP contribution in [-0.2, 0) is 0 Å². The molecule has 4 nitrogen and oxygen atoms in total. The Balaban J connectivity index is 2.91. The van der Waals surface area contributed by atoms with Gasteiger partial charge in [-0.3, -0.25) is 4.79 Å². The number of benzene rings is 1. The summed E-state index contributed by atoms with van der Waals surface area (Å²) < 4.78 is 13.7. The van der Waals surface area contributed by atoms with Crippen molar-refractivity contribution in [2.24, 2.45) is 5.73 Å². The van der Waals surface area contributed by atoms with Crippen molar-refractivity contribution in [3.63, 3.8) is 0 Å². The molecule has 1 aromatic rings. The molecule has 0 radical (unpaired) electrons. The number of nitrogens with two attached hydrogens (primary N) is 1. The minimum Gasteiger partial charge on any atom is -0.392 e. The summed E-state index contributed by atoms with van der Waals surface area (Å²) in [5, 5.41) is 9.22. The van der Waals surface area contributed by atoms with Crippen LogP contribution in [0.15, 0.2) is 18.2 Å². The Hall–Kier alpha value is -1.90. The second kappa shape index (κ2) is 6.88. The fourth-order valence-corrected chi connectivity index (χ4v) is 1.60. The highest BCUT2D eigenvalue weighted by molar-refractivity contribution is 5.94. The first-order valence-electron chi connectivity index (χ1n) is 5.87. The molecule has 1 unspecified atom stereocenters. The normalized spacial score (nSPS) is 11.4. The summed E-state index contributed by atoms with van der Waals surface area (Å²) in [4.78, 5) is 13.3. The SMILES string of the molecule is CC(O)CN(C)C(=O)c1ccc(C#CCN)c(F)c1. The van der Waals surface area contributed by atoms with Gasteiger partial charge < -0.3 is 15.7 Å². The number of carbonyl (C=O) groups is 1. The van der Waals surface area contributed by atoms with Crippen molar-refractivity contribution in [1.82, 2.24) is 4.90 Å². The van der Waals surface area contributed by atoms with Gasteiger partial charge in [0.05, 0.1) is 18.2 Å². The van der Waals surface area contributed by atoms with Crippen LogP contribution in [0.4, 0.5) is 4.39 Å². The monoisotopic (exact) mass is 264 g/mol. The molecule has 0 spiro atoms. The lowest BCUT2D eigenvalue weighted by molar-refractivity contribution is 0.0703. The van der Waals surface area contributed by atoms with Crippen LogP contribution in [-0.4, -0.2) is 42.2 Å². The molecule has 0 fully saturated rings. The van der Waals surface area contributed by atoms with Gasteiger partial charge in [0.2, 0.25) is 0 Å². The van der Waals surface area contributed by atoms with Crippen molar-refractivity contribution in [2.45, 2.75) is 13.0 Å². The van der Waals surface area contributed by atoms with Crippen molar-refractivity contribution in [1.29, 1.82) is 0 Å². The van der Waals surface area contributed by atoms with Crippen molar-refractivity contribution < 1.29 is 14.3 Å². The highest BCUT2D eigenvalue weighted by atomic mass is 19.1. The van der Waals surface area contributed by atoms with E-state index < -0.39 is 11.9 Å². The summed E-state index contributed by atoms with van der Waals surface area (Å²) >= 11 is 0. The largest absolute Gasteiger partial charge is 0.392 e. The zero-order valence-corrected chi connectivity index (χ0v) is 11.0. The average molecular weight is 264 g/mol. The molecule has 0 aliphatic rings. The lowest BCUT2D eigenvalue weighted by atomic mass is 10.1. The predicted octanol–water partition coefficient (Wildman–Crippen LogP) is 0.589. The van der Waals surface area contributed by atoms with Gasteiger partial charge in [0.1, 0.15) is 5.82 Å². The van der Waals surface area contributed by atoms with Crippen molar-refractivity contribution in [3.05, 3.63) is 35.1 Å². The van der Waals surface area contributed by atoms with Gasteiger partial charge in [0, 0.05) is 19.2 Å². The molecule has 3 N–H and O–H groups in total. The Morgan fingerprint density at radius 2 is 2.26 bits per heavy atom. The number of aliphatic hydroxyl groups is 1. The molecule has 0 saturated heterocycles. The Bertz CT molecular complexity index is 518. The van der Waals surface area contributed by atoms with E-state index in [1.54, 1.807) is 14.0 Å². The highest BCUT2D eigenvalue weighted by Gasteiger charge is 2.14. The Kier molecular flexibility index (Phi) is 5.49. The molecule has 102 valence electrons. The smallest absolute Gasteiger partial charge is 0.253 e. The molecule has 0 aliphatic carbocycles. The van der Waals surface area contributed by atoms with E-state index in [1.165, 1.54) is 17.0 Å². The van der Waals surface area contributed by atoms with Crippen LogP contribution in [0.25, 0.3) is 0 Å². The average Bonchev–Trinajstić information content (AvgIpc) is 2.35. The third-order valence-corrected chi connectivity index (χ3v) is 2.43. The number of amides is 1. The van der Waals surface area contributed by atoms with Gasteiger partial charge in [-0.15, -0.1) is 0 Å². The number of rotatable bonds is 3. The summed E-state index contributed by atoms with van der Waals surface area (Å²) in [7, 11) is 1.55.